The van der Waals surface area contributed by atoms with Crippen molar-refractivity contribution in [3.63, 3.8) is 0 Å². The Bertz CT molecular complexity index is 483. The fourth-order valence-corrected chi connectivity index (χ4v) is 4.11. The zero-order valence-electron chi connectivity index (χ0n) is 11.8. The second-order valence-electron chi connectivity index (χ2n) is 4.91. The standard InChI is InChI=1S/C15H20BrNO2S/c1-3-19-14(18)15(9-6-10-20-11(15)2)17-13-8-5-4-7-12(13)16/h4-5,7-8,11,17H,3,6,9-10H2,1-2H3. The minimum absolute atomic E-state index is 0.143. The van der Waals surface area contributed by atoms with Crippen molar-refractivity contribution >= 4 is 39.3 Å². The van der Waals surface area contributed by atoms with Crippen molar-refractivity contribution in [1.29, 1.82) is 0 Å². The van der Waals surface area contributed by atoms with Crippen LogP contribution in [0.15, 0.2) is 28.7 Å². The Morgan fingerprint density at radius 1 is 1.55 bits per heavy atom. The number of anilines is 1. The highest BCUT2D eigenvalue weighted by atomic mass is 79.9. The molecule has 1 N–H and O–H groups in total. The first-order chi connectivity index (χ1) is 9.60. The lowest BCUT2D eigenvalue weighted by Crippen LogP contribution is -2.56. The molecule has 0 radical (unpaired) electrons. The molecule has 2 unspecified atom stereocenters. The van der Waals surface area contributed by atoms with Crippen molar-refractivity contribution in [2.24, 2.45) is 0 Å². The summed E-state index contributed by atoms with van der Waals surface area (Å²) < 4.78 is 6.30. The average Bonchev–Trinajstić information content (AvgIpc) is 2.44. The molecule has 1 aromatic carbocycles. The van der Waals surface area contributed by atoms with Crippen LogP contribution in [0, 0.1) is 0 Å². The molecule has 110 valence electrons. The van der Waals surface area contributed by atoms with Crippen molar-refractivity contribution < 1.29 is 9.53 Å². The Kier molecular flexibility index (Phi) is 5.38. The number of esters is 1. The first kappa shape index (κ1) is 15.7. The zero-order valence-corrected chi connectivity index (χ0v) is 14.2. The maximum atomic E-state index is 12.5. The summed E-state index contributed by atoms with van der Waals surface area (Å²) >= 11 is 5.36. The van der Waals surface area contributed by atoms with Crippen LogP contribution in [-0.2, 0) is 9.53 Å². The molecular weight excluding hydrogens is 338 g/mol. The average molecular weight is 358 g/mol. The summed E-state index contributed by atoms with van der Waals surface area (Å²) in [6.45, 7) is 4.37. The van der Waals surface area contributed by atoms with Crippen LogP contribution in [0.3, 0.4) is 0 Å². The molecule has 1 aliphatic rings. The number of para-hydroxylation sites is 1. The molecule has 1 aliphatic heterocycles. The van der Waals surface area contributed by atoms with Gasteiger partial charge in [-0.3, -0.25) is 0 Å². The number of carbonyl (C=O) groups is 1. The predicted molar refractivity (Wildman–Crippen MR) is 88.3 cm³/mol. The van der Waals surface area contributed by atoms with E-state index in [1.807, 2.05) is 43.0 Å². The van der Waals surface area contributed by atoms with Gasteiger partial charge in [0.25, 0.3) is 0 Å². The van der Waals surface area contributed by atoms with E-state index in [9.17, 15) is 4.79 Å². The highest BCUT2D eigenvalue weighted by molar-refractivity contribution is 9.10. The summed E-state index contributed by atoms with van der Waals surface area (Å²) in [5.41, 5.74) is 0.304. The van der Waals surface area contributed by atoms with E-state index < -0.39 is 5.54 Å². The van der Waals surface area contributed by atoms with Gasteiger partial charge in [0.05, 0.1) is 6.61 Å². The van der Waals surface area contributed by atoms with Crippen LogP contribution in [0.1, 0.15) is 26.7 Å². The Hall–Kier alpha value is -0.680. The Morgan fingerprint density at radius 3 is 2.95 bits per heavy atom. The van der Waals surface area contributed by atoms with E-state index in [1.165, 1.54) is 0 Å². The van der Waals surface area contributed by atoms with E-state index in [0.29, 0.717) is 6.61 Å². The van der Waals surface area contributed by atoms with Gasteiger partial charge in [0, 0.05) is 15.4 Å². The summed E-state index contributed by atoms with van der Waals surface area (Å²) in [7, 11) is 0. The predicted octanol–water partition coefficient (Wildman–Crippen LogP) is 4.08. The summed E-state index contributed by atoms with van der Waals surface area (Å²) in [6, 6.07) is 7.89. The topological polar surface area (TPSA) is 38.3 Å². The third-order valence-electron chi connectivity index (χ3n) is 3.65. The number of rotatable bonds is 4. The second kappa shape index (κ2) is 6.85. The number of hydrogen-bond donors (Lipinski definition) is 1. The van der Waals surface area contributed by atoms with Crippen LogP contribution < -0.4 is 5.32 Å². The van der Waals surface area contributed by atoms with E-state index in [2.05, 4.69) is 28.2 Å². The smallest absolute Gasteiger partial charge is 0.332 e. The molecule has 0 spiro atoms. The molecular formula is C15H20BrNO2S. The van der Waals surface area contributed by atoms with Crippen molar-refractivity contribution in [3.05, 3.63) is 28.7 Å². The van der Waals surface area contributed by atoms with Gasteiger partial charge in [-0.1, -0.05) is 19.1 Å². The summed E-state index contributed by atoms with van der Waals surface area (Å²) in [6.07, 6.45) is 1.83. The minimum atomic E-state index is -0.636. The number of nitrogens with one attached hydrogen (secondary N) is 1. The van der Waals surface area contributed by atoms with E-state index in [0.717, 1.165) is 28.8 Å². The van der Waals surface area contributed by atoms with Crippen LogP contribution >= 0.6 is 27.7 Å². The Balaban J connectivity index is 2.31. The summed E-state index contributed by atoms with van der Waals surface area (Å²) in [5.74, 6) is 0.954. The first-order valence-electron chi connectivity index (χ1n) is 6.91. The highest BCUT2D eigenvalue weighted by Gasteiger charge is 2.47. The van der Waals surface area contributed by atoms with Crippen LogP contribution in [0.2, 0.25) is 0 Å². The van der Waals surface area contributed by atoms with Gasteiger partial charge in [0.15, 0.2) is 0 Å². The van der Waals surface area contributed by atoms with Crippen LogP contribution in [0.4, 0.5) is 5.69 Å². The lowest BCUT2D eigenvalue weighted by Gasteiger charge is -2.41. The van der Waals surface area contributed by atoms with Gasteiger partial charge in [0.2, 0.25) is 0 Å². The molecule has 5 heteroatoms. The van der Waals surface area contributed by atoms with E-state index in [1.54, 1.807) is 0 Å². The minimum Gasteiger partial charge on any atom is -0.464 e. The monoisotopic (exact) mass is 357 g/mol. The SMILES string of the molecule is CCOC(=O)C1(Nc2ccccc2Br)CCCSC1C. The third-order valence-corrected chi connectivity index (χ3v) is 5.77. The molecule has 1 aromatic rings. The van der Waals surface area contributed by atoms with Gasteiger partial charge in [-0.15, -0.1) is 0 Å². The molecule has 0 aliphatic carbocycles. The third kappa shape index (κ3) is 3.14. The van der Waals surface area contributed by atoms with Crippen molar-refractivity contribution in [2.45, 2.75) is 37.5 Å². The molecule has 2 atom stereocenters. The zero-order chi connectivity index (χ0) is 14.6. The van der Waals surface area contributed by atoms with Crippen LogP contribution in [-0.4, -0.2) is 29.1 Å². The number of carbonyl (C=O) groups excluding carboxylic acids is 1. The number of thioether (sulfide) groups is 1. The normalized spacial score (nSPS) is 26.1. The molecule has 1 heterocycles. The quantitative estimate of drug-likeness (QED) is 0.824. The molecule has 1 saturated heterocycles. The van der Waals surface area contributed by atoms with E-state index in [-0.39, 0.29) is 11.2 Å². The fourth-order valence-electron chi connectivity index (χ4n) is 2.50. The molecule has 0 bridgehead atoms. The van der Waals surface area contributed by atoms with Crippen LogP contribution in [0.25, 0.3) is 0 Å². The van der Waals surface area contributed by atoms with Crippen molar-refractivity contribution in [3.8, 4) is 0 Å². The van der Waals surface area contributed by atoms with Crippen LogP contribution in [0.5, 0.6) is 0 Å². The number of ether oxygens (including phenoxy) is 1. The summed E-state index contributed by atoms with van der Waals surface area (Å²) in [5, 5.41) is 3.64. The number of halogens is 1. The molecule has 3 nitrogen and oxygen atoms in total. The lowest BCUT2D eigenvalue weighted by molar-refractivity contribution is -0.148. The molecule has 1 fully saturated rings. The molecule has 0 saturated carbocycles. The van der Waals surface area contributed by atoms with E-state index >= 15 is 0 Å². The lowest BCUT2D eigenvalue weighted by atomic mass is 9.89. The van der Waals surface area contributed by atoms with Gasteiger partial charge in [0.1, 0.15) is 5.54 Å². The first-order valence-corrected chi connectivity index (χ1v) is 8.76. The van der Waals surface area contributed by atoms with Crippen molar-refractivity contribution in [1.82, 2.24) is 0 Å². The molecule has 0 aromatic heterocycles. The van der Waals surface area contributed by atoms with Gasteiger partial charge in [-0.25, -0.2) is 4.79 Å². The molecule has 2 rings (SSSR count). The van der Waals surface area contributed by atoms with Gasteiger partial charge in [-0.2, -0.15) is 11.8 Å². The van der Waals surface area contributed by atoms with Gasteiger partial charge >= 0.3 is 5.97 Å². The van der Waals surface area contributed by atoms with Gasteiger partial charge < -0.3 is 10.1 Å². The van der Waals surface area contributed by atoms with Gasteiger partial charge in [-0.05, 0) is 53.6 Å². The maximum Gasteiger partial charge on any atom is 0.332 e. The second-order valence-corrected chi connectivity index (χ2v) is 7.22. The Labute approximate surface area is 133 Å². The Morgan fingerprint density at radius 2 is 2.30 bits per heavy atom. The fraction of sp³-hybridized carbons (Fsp3) is 0.533. The highest BCUT2D eigenvalue weighted by Crippen LogP contribution is 2.39. The largest absolute Gasteiger partial charge is 0.464 e. The molecule has 0 amide bonds. The maximum absolute atomic E-state index is 12.5. The number of benzene rings is 1. The summed E-state index contributed by atoms with van der Waals surface area (Å²) in [4.78, 5) is 12.5. The number of hydrogen-bond acceptors (Lipinski definition) is 4. The molecule has 20 heavy (non-hydrogen) atoms. The van der Waals surface area contributed by atoms with E-state index in [4.69, 9.17) is 4.74 Å². The van der Waals surface area contributed by atoms with Crippen molar-refractivity contribution in [2.75, 3.05) is 17.7 Å².